The van der Waals surface area contributed by atoms with Gasteiger partial charge in [-0.15, -0.1) is 0 Å². The van der Waals surface area contributed by atoms with E-state index in [1.54, 1.807) is 25.2 Å². The van der Waals surface area contributed by atoms with Crippen LogP contribution in [0.2, 0.25) is 0 Å². The SMILES string of the molecule is CN1OC2C(=O)NC(=O)C2C1c1ccc2cccc(O)c2n1. The number of rotatable bonds is 1. The summed E-state index contributed by atoms with van der Waals surface area (Å²) in [6.45, 7) is 0. The van der Waals surface area contributed by atoms with Gasteiger partial charge in [-0.05, 0) is 12.1 Å². The van der Waals surface area contributed by atoms with Crippen LogP contribution in [0, 0.1) is 5.92 Å². The number of phenolic OH excluding ortho intramolecular Hbond substituents is 1. The number of phenols is 1. The molecule has 4 rings (SSSR count). The van der Waals surface area contributed by atoms with Gasteiger partial charge in [0.25, 0.3) is 5.91 Å². The van der Waals surface area contributed by atoms with Crippen molar-refractivity contribution in [2.45, 2.75) is 12.1 Å². The average molecular weight is 299 g/mol. The molecule has 2 fully saturated rings. The zero-order valence-electron chi connectivity index (χ0n) is 11.7. The van der Waals surface area contributed by atoms with E-state index >= 15 is 0 Å². The van der Waals surface area contributed by atoms with Gasteiger partial charge in [-0.3, -0.25) is 19.7 Å². The van der Waals surface area contributed by atoms with Gasteiger partial charge < -0.3 is 5.11 Å². The molecule has 0 saturated carbocycles. The smallest absolute Gasteiger partial charge is 0.258 e. The number of imide groups is 1. The summed E-state index contributed by atoms with van der Waals surface area (Å²) in [5.41, 5.74) is 1.04. The van der Waals surface area contributed by atoms with Crippen LogP contribution in [0.15, 0.2) is 30.3 Å². The maximum atomic E-state index is 12.0. The first-order valence-corrected chi connectivity index (χ1v) is 6.89. The number of nitrogens with one attached hydrogen (secondary N) is 1. The molecule has 3 atom stereocenters. The highest BCUT2D eigenvalue weighted by Crippen LogP contribution is 2.40. The number of aromatic hydroxyl groups is 1. The number of amides is 2. The first-order valence-electron chi connectivity index (χ1n) is 6.89. The fourth-order valence-corrected chi connectivity index (χ4v) is 3.15. The van der Waals surface area contributed by atoms with Gasteiger partial charge in [0.05, 0.1) is 17.7 Å². The van der Waals surface area contributed by atoms with Gasteiger partial charge in [-0.2, -0.15) is 5.06 Å². The lowest BCUT2D eigenvalue weighted by Gasteiger charge is -2.20. The second kappa shape index (κ2) is 4.49. The number of nitrogens with zero attached hydrogens (tertiary/aromatic N) is 2. The Morgan fingerprint density at radius 2 is 2.05 bits per heavy atom. The lowest BCUT2D eigenvalue weighted by molar-refractivity contribution is -0.162. The number of pyridine rings is 1. The standard InChI is InChI=1S/C15H13N3O4/c1-18-12(10-13(22-18)15(21)17-14(10)20)8-6-5-7-3-2-4-9(19)11(7)16-8/h2-6,10,12-13,19H,1H3,(H,17,20,21). The van der Waals surface area contributed by atoms with E-state index in [-0.39, 0.29) is 11.7 Å². The molecular weight excluding hydrogens is 286 g/mol. The lowest BCUT2D eigenvalue weighted by atomic mass is 9.93. The van der Waals surface area contributed by atoms with Gasteiger partial charge in [-0.1, -0.05) is 18.2 Å². The van der Waals surface area contributed by atoms with Crippen LogP contribution in [0.25, 0.3) is 10.9 Å². The monoisotopic (exact) mass is 299 g/mol. The predicted octanol–water partition coefficient (Wildman–Crippen LogP) is 0.500. The highest BCUT2D eigenvalue weighted by Gasteiger charge is 2.55. The molecule has 1 aromatic heterocycles. The number of fused-ring (bicyclic) bond motifs is 2. The van der Waals surface area contributed by atoms with E-state index in [0.29, 0.717) is 11.2 Å². The van der Waals surface area contributed by atoms with Crippen molar-refractivity contribution in [1.29, 1.82) is 0 Å². The Hall–Kier alpha value is -2.51. The molecule has 2 aromatic rings. The highest BCUT2D eigenvalue weighted by atomic mass is 16.7. The molecule has 7 heteroatoms. The van der Waals surface area contributed by atoms with Crippen molar-refractivity contribution >= 4 is 22.7 Å². The molecule has 2 amide bonds. The number of benzene rings is 1. The molecule has 22 heavy (non-hydrogen) atoms. The van der Waals surface area contributed by atoms with Crippen molar-refractivity contribution in [1.82, 2.24) is 15.4 Å². The summed E-state index contributed by atoms with van der Waals surface area (Å²) >= 11 is 0. The molecule has 3 unspecified atom stereocenters. The summed E-state index contributed by atoms with van der Waals surface area (Å²) < 4.78 is 0. The van der Waals surface area contributed by atoms with Crippen LogP contribution >= 0.6 is 0 Å². The number of hydrogen-bond donors (Lipinski definition) is 2. The van der Waals surface area contributed by atoms with Gasteiger partial charge in [0, 0.05) is 12.4 Å². The van der Waals surface area contributed by atoms with Crippen LogP contribution in [-0.2, 0) is 14.4 Å². The Bertz CT molecular complexity index is 806. The van der Waals surface area contributed by atoms with E-state index in [1.807, 2.05) is 12.1 Å². The molecule has 3 heterocycles. The summed E-state index contributed by atoms with van der Waals surface area (Å²) in [5.74, 6) is -1.34. The zero-order chi connectivity index (χ0) is 15.4. The summed E-state index contributed by atoms with van der Waals surface area (Å²) in [5, 5.41) is 14.5. The molecule has 2 aliphatic rings. The summed E-state index contributed by atoms with van der Waals surface area (Å²) in [6.07, 6.45) is -0.815. The second-order valence-corrected chi connectivity index (χ2v) is 5.48. The van der Waals surface area contributed by atoms with Crippen LogP contribution in [0.5, 0.6) is 5.75 Å². The van der Waals surface area contributed by atoms with Crippen molar-refractivity contribution in [3.05, 3.63) is 36.0 Å². The number of hydroxylamine groups is 2. The molecule has 2 N–H and O–H groups in total. The van der Waals surface area contributed by atoms with Crippen molar-refractivity contribution in [3.63, 3.8) is 0 Å². The molecule has 0 radical (unpaired) electrons. The zero-order valence-corrected chi connectivity index (χ0v) is 11.7. The molecule has 7 nitrogen and oxygen atoms in total. The van der Waals surface area contributed by atoms with Crippen LogP contribution in [0.4, 0.5) is 0 Å². The minimum atomic E-state index is -0.815. The van der Waals surface area contributed by atoms with E-state index in [0.717, 1.165) is 5.39 Å². The number of carbonyl (C=O) groups is 2. The largest absolute Gasteiger partial charge is 0.506 e. The normalized spacial score (nSPS) is 28.1. The molecular formula is C15H13N3O4. The minimum Gasteiger partial charge on any atom is -0.506 e. The topological polar surface area (TPSA) is 91.8 Å². The predicted molar refractivity (Wildman–Crippen MR) is 75.4 cm³/mol. The Kier molecular flexibility index (Phi) is 2.69. The number of hydrogen-bond acceptors (Lipinski definition) is 6. The fourth-order valence-electron chi connectivity index (χ4n) is 3.15. The summed E-state index contributed by atoms with van der Waals surface area (Å²) in [7, 11) is 1.67. The van der Waals surface area contributed by atoms with E-state index in [1.165, 1.54) is 5.06 Å². The Labute approximate surface area is 125 Å². The van der Waals surface area contributed by atoms with Crippen molar-refractivity contribution in [3.8, 4) is 5.75 Å². The third-order valence-electron chi connectivity index (χ3n) is 4.17. The number of aromatic nitrogens is 1. The summed E-state index contributed by atoms with van der Waals surface area (Å²) in [4.78, 5) is 33.7. The van der Waals surface area contributed by atoms with Crippen molar-refractivity contribution < 1.29 is 19.5 Å². The minimum absolute atomic E-state index is 0.0735. The Balaban J connectivity index is 1.82. The van der Waals surface area contributed by atoms with Crippen molar-refractivity contribution in [2.75, 3.05) is 7.05 Å². The van der Waals surface area contributed by atoms with E-state index in [4.69, 9.17) is 4.84 Å². The Morgan fingerprint density at radius 1 is 1.23 bits per heavy atom. The highest BCUT2D eigenvalue weighted by molar-refractivity contribution is 6.07. The van der Waals surface area contributed by atoms with Gasteiger partial charge in [-0.25, -0.2) is 4.98 Å². The number of para-hydroxylation sites is 1. The van der Waals surface area contributed by atoms with Crippen molar-refractivity contribution in [2.24, 2.45) is 5.92 Å². The van der Waals surface area contributed by atoms with E-state index < -0.39 is 24.0 Å². The van der Waals surface area contributed by atoms with E-state index in [2.05, 4.69) is 10.3 Å². The third kappa shape index (κ3) is 1.73. The second-order valence-electron chi connectivity index (χ2n) is 5.48. The summed E-state index contributed by atoms with van der Waals surface area (Å²) in [6, 6.07) is 8.28. The molecule has 1 aromatic carbocycles. The van der Waals surface area contributed by atoms with Gasteiger partial charge in [0.2, 0.25) is 5.91 Å². The average Bonchev–Trinajstić information content (AvgIpc) is 2.97. The van der Waals surface area contributed by atoms with Gasteiger partial charge in [0.1, 0.15) is 11.3 Å². The fraction of sp³-hybridized carbons (Fsp3) is 0.267. The molecule has 0 aliphatic carbocycles. The first-order chi connectivity index (χ1) is 10.6. The van der Waals surface area contributed by atoms with Crippen LogP contribution in [-0.4, -0.2) is 40.1 Å². The van der Waals surface area contributed by atoms with E-state index in [9.17, 15) is 14.7 Å². The number of carbonyl (C=O) groups excluding carboxylic acids is 2. The molecule has 2 aliphatic heterocycles. The Morgan fingerprint density at radius 3 is 2.86 bits per heavy atom. The maximum absolute atomic E-state index is 12.0. The van der Waals surface area contributed by atoms with Gasteiger partial charge in [0.15, 0.2) is 6.10 Å². The lowest BCUT2D eigenvalue weighted by Crippen LogP contribution is -2.31. The maximum Gasteiger partial charge on any atom is 0.258 e. The van der Waals surface area contributed by atoms with Crippen LogP contribution < -0.4 is 5.32 Å². The van der Waals surface area contributed by atoms with Crippen LogP contribution in [0.3, 0.4) is 0 Å². The first kappa shape index (κ1) is 13.2. The molecule has 2 saturated heterocycles. The molecule has 112 valence electrons. The molecule has 0 spiro atoms. The quantitative estimate of drug-likeness (QED) is 0.745. The molecule has 0 bridgehead atoms. The third-order valence-corrected chi connectivity index (χ3v) is 4.17. The van der Waals surface area contributed by atoms with Gasteiger partial charge >= 0.3 is 0 Å². The van der Waals surface area contributed by atoms with Crippen LogP contribution in [0.1, 0.15) is 11.7 Å².